The molecule has 0 bridgehead atoms. The number of aromatic nitrogens is 2. The second-order valence-corrected chi connectivity index (χ2v) is 5.35. The van der Waals surface area contributed by atoms with Gasteiger partial charge in [0, 0.05) is 28.2 Å². The number of nitrogens with zero attached hydrogens (tertiary/aromatic N) is 2. The molecule has 4 rings (SSSR count). The molecule has 21 heavy (non-hydrogen) atoms. The Balaban J connectivity index is 1.90. The minimum absolute atomic E-state index is 0.103. The predicted octanol–water partition coefficient (Wildman–Crippen LogP) is 4.77. The fourth-order valence-electron chi connectivity index (χ4n) is 2.65. The number of hydrogen-bond acceptors (Lipinski definition) is 1. The summed E-state index contributed by atoms with van der Waals surface area (Å²) in [5.41, 5.74) is 1.75. The van der Waals surface area contributed by atoms with Crippen LogP contribution in [0.5, 0.6) is 0 Å². The highest BCUT2D eigenvalue weighted by molar-refractivity contribution is 6.31. The second-order valence-electron chi connectivity index (χ2n) is 4.92. The Hall–Kier alpha value is -2.52. The van der Waals surface area contributed by atoms with Gasteiger partial charge in [-0.3, -0.25) is 9.13 Å². The number of halogens is 1. The summed E-state index contributed by atoms with van der Waals surface area (Å²) in [5.74, 6) is 0. The van der Waals surface area contributed by atoms with Crippen LogP contribution in [-0.2, 0) is 0 Å². The van der Waals surface area contributed by atoms with E-state index < -0.39 is 0 Å². The molecule has 0 fully saturated rings. The lowest BCUT2D eigenvalue weighted by Gasteiger charge is -2.06. The van der Waals surface area contributed by atoms with E-state index in [2.05, 4.69) is 0 Å². The Labute approximate surface area is 126 Å². The van der Waals surface area contributed by atoms with Crippen LogP contribution in [0.4, 0.5) is 4.79 Å². The van der Waals surface area contributed by atoms with Crippen molar-refractivity contribution in [2.75, 3.05) is 0 Å². The van der Waals surface area contributed by atoms with Crippen LogP contribution in [0.25, 0.3) is 21.8 Å². The fourth-order valence-corrected chi connectivity index (χ4v) is 2.83. The van der Waals surface area contributed by atoms with Gasteiger partial charge in [0.2, 0.25) is 0 Å². The quantitative estimate of drug-likeness (QED) is 0.459. The van der Waals surface area contributed by atoms with Gasteiger partial charge in [-0.2, -0.15) is 0 Å². The molecule has 4 heteroatoms. The third-order valence-electron chi connectivity index (χ3n) is 3.66. The van der Waals surface area contributed by atoms with Crippen LogP contribution < -0.4 is 0 Å². The molecule has 2 heterocycles. The standard InChI is InChI=1S/C17H11ClN2O/c18-14-5-6-16-13(11-14)8-10-20(16)17(21)19-9-7-12-3-1-2-4-15(12)19/h1-11H. The molecule has 0 atom stereocenters. The summed E-state index contributed by atoms with van der Waals surface area (Å²) in [7, 11) is 0. The van der Waals surface area contributed by atoms with Crippen LogP contribution in [0, 0.1) is 0 Å². The van der Waals surface area contributed by atoms with Crippen molar-refractivity contribution >= 4 is 39.4 Å². The van der Waals surface area contributed by atoms with Crippen molar-refractivity contribution in [3.05, 3.63) is 72.0 Å². The Morgan fingerprint density at radius 1 is 0.810 bits per heavy atom. The maximum Gasteiger partial charge on any atom is 0.337 e. The van der Waals surface area contributed by atoms with Gasteiger partial charge in [-0.05, 0) is 36.4 Å². The van der Waals surface area contributed by atoms with Crippen LogP contribution in [0.2, 0.25) is 5.02 Å². The van der Waals surface area contributed by atoms with Crippen molar-refractivity contribution in [3.8, 4) is 0 Å². The van der Waals surface area contributed by atoms with Gasteiger partial charge in [0.25, 0.3) is 0 Å². The summed E-state index contributed by atoms with van der Waals surface area (Å²) in [6.45, 7) is 0. The molecule has 4 aromatic rings. The van der Waals surface area contributed by atoms with Crippen molar-refractivity contribution in [1.29, 1.82) is 0 Å². The van der Waals surface area contributed by atoms with E-state index in [4.69, 9.17) is 11.6 Å². The molecule has 0 aliphatic rings. The average molecular weight is 295 g/mol. The molecule has 0 saturated carbocycles. The molecular weight excluding hydrogens is 284 g/mol. The van der Waals surface area contributed by atoms with Gasteiger partial charge >= 0.3 is 6.03 Å². The van der Waals surface area contributed by atoms with Gasteiger partial charge in [-0.15, -0.1) is 0 Å². The molecule has 0 amide bonds. The molecule has 0 aliphatic heterocycles. The summed E-state index contributed by atoms with van der Waals surface area (Å²) in [5, 5.41) is 2.66. The molecule has 0 N–H and O–H groups in total. The van der Waals surface area contributed by atoms with Crippen LogP contribution in [0.15, 0.2) is 67.0 Å². The highest BCUT2D eigenvalue weighted by Crippen LogP contribution is 2.22. The third-order valence-corrected chi connectivity index (χ3v) is 3.90. The summed E-state index contributed by atoms with van der Waals surface area (Å²) in [6.07, 6.45) is 3.58. The Kier molecular flexibility index (Phi) is 2.62. The van der Waals surface area contributed by atoms with E-state index in [-0.39, 0.29) is 6.03 Å². The smallest absolute Gasteiger partial charge is 0.269 e. The number of carbonyl (C=O) groups is 1. The molecular formula is C17H11ClN2O. The first-order chi connectivity index (χ1) is 10.2. The van der Waals surface area contributed by atoms with Crippen molar-refractivity contribution in [2.45, 2.75) is 0 Å². The third kappa shape index (κ3) is 1.86. The summed E-state index contributed by atoms with van der Waals surface area (Å²) in [6, 6.07) is 17.1. The predicted molar refractivity (Wildman–Crippen MR) is 85.1 cm³/mol. The maximum atomic E-state index is 12.8. The normalized spacial score (nSPS) is 11.3. The number of carbonyl (C=O) groups excluding carboxylic acids is 1. The Morgan fingerprint density at radius 3 is 2.29 bits per heavy atom. The molecule has 2 aromatic heterocycles. The van der Waals surface area contributed by atoms with Crippen molar-refractivity contribution < 1.29 is 4.79 Å². The molecule has 0 saturated heterocycles. The van der Waals surface area contributed by atoms with E-state index >= 15 is 0 Å². The first-order valence-corrected chi connectivity index (χ1v) is 6.99. The highest BCUT2D eigenvalue weighted by Gasteiger charge is 2.13. The fraction of sp³-hybridized carbons (Fsp3) is 0. The van der Waals surface area contributed by atoms with Crippen LogP contribution in [-0.4, -0.2) is 15.2 Å². The van der Waals surface area contributed by atoms with Crippen molar-refractivity contribution in [3.63, 3.8) is 0 Å². The first-order valence-electron chi connectivity index (χ1n) is 6.61. The topological polar surface area (TPSA) is 26.9 Å². The van der Waals surface area contributed by atoms with Gasteiger partial charge in [0.1, 0.15) is 0 Å². The van der Waals surface area contributed by atoms with Crippen molar-refractivity contribution in [2.24, 2.45) is 0 Å². The number of hydrogen-bond donors (Lipinski definition) is 0. The van der Waals surface area contributed by atoms with E-state index in [9.17, 15) is 4.79 Å². The summed E-state index contributed by atoms with van der Waals surface area (Å²) >= 11 is 5.99. The molecule has 3 nitrogen and oxygen atoms in total. The first kappa shape index (κ1) is 12.2. The zero-order valence-electron chi connectivity index (χ0n) is 11.0. The van der Waals surface area contributed by atoms with E-state index in [0.29, 0.717) is 5.02 Å². The van der Waals surface area contributed by atoms with Gasteiger partial charge in [-0.1, -0.05) is 29.8 Å². The van der Waals surface area contributed by atoms with E-state index in [0.717, 1.165) is 21.8 Å². The Bertz CT molecular complexity index is 981. The van der Waals surface area contributed by atoms with E-state index in [1.165, 1.54) is 0 Å². The van der Waals surface area contributed by atoms with Gasteiger partial charge in [0.05, 0.1) is 11.0 Å². The van der Waals surface area contributed by atoms with E-state index in [1.54, 1.807) is 27.6 Å². The molecule has 0 aliphatic carbocycles. The zero-order valence-corrected chi connectivity index (χ0v) is 11.8. The molecule has 0 unspecified atom stereocenters. The maximum absolute atomic E-state index is 12.8. The second kappa shape index (κ2) is 4.50. The van der Waals surface area contributed by atoms with Gasteiger partial charge in [0.15, 0.2) is 0 Å². The lowest BCUT2D eigenvalue weighted by Crippen LogP contribution is -2.17. The van der Waals surface area contributed by atoms with Gasteiger partial charge < -0.3 is 0 Å². The Morgan fingerprint density at radius 2 is 1.48 bits per heavy atom. The van der Waals surface area contributed by atoms with Crippen LogP contribution in [0.1, 0.15) is 0 Å². The number of rotatable bonds is 0. The van der Waals surface area contributed by atoms with Crippen LogP contribution in [0.3, 0.4) is 0 Å². The van der Waals surface area contributed by atoms with Crippen LogP contribution >= 0.6 is 11.6 Å². The monoisotopic (exact) mass is 294 g/mol. The SMILES string of the molecule is O=C(n1ccc2ccccc21)n1ccc2cc(Cl)ccc21. The zero-order chi connectivity index (χ0) is 14.4. The number of fused-ring (bicyclic) bond motifs is 2. The van der Waals surface area contributed by atoms with Crippen molar-refractivity contribution in [1.82, 2.24) is 9.13 Å². The lowest BCUT2D eigenvalue weighted by molar-refractivity contribution is 0.245. The minimum Gasteiger partial charge on any atom is -0.269 e. The summed E-state index contributed by atoms with van der Waals surface area (Å²) in [4.78, 5) is 12.8. The summed E-state index contributed by atoms with van der Waals surface area (Å²) < 4.78 is 3.29. The van der Waals surface area contributed by atoms with E-state index in [1.807, 2.05) is 48.5 Å². The molecule has 0 radical (unpaired) electrons. The number of benzene rings is 2. The molecule has 102 valence electrons. The molecule has 0 spiro atoms. The highest BCUT2D eigenvalue weighted by atomic mass is 35.5. The molecule has 2 aromatic carbocycles. The average Bonchev–Trinajstić information content (AvgIpc) is 3.10. The number of para-hydroxylation sites is 1. The minimum atomic E-state index is -0.103. The largest absolute Gasteiger partial charge is 0.337 e. The lowest BCUT2D eigenvalue weighted by atomic mass is 10.2. The van der Waals surface area contributed by atoms with Gasteiger partial charge in [-0.25, -0.2) is 4.79 Å².